The minimum absolute atomic E-state index is 0.0858. The zero-order chi connectivity index (χ0) is 19.7. The van der Waals surface area contributed by atoms with Gasteiger partial charge in [-0.05, 0) is 42.5 Å². The Bertz CT molecular complexity index is 988. The molecule has 0 aromatic heterocycles. The summed E-state index contributed by atoms with van der Waals surface area (Å²) in [5.41, 5.74) is 1.61. The third-order valence-electron chi connectivity index (χ3n) is 4.88. The van der Waals surface area contributed by atoms with Gasteiger partial charge < -0.3 is 10.2 Å². The number of carbonyl (C=O) groups is 1. The van der Waals surface area contributed by atoms with Crippen molar-refractivity contribution in [2.24, 2.45) is 0 Å². The number of amides is 1. The fourth-order valence-corrected chi connectivity index (χ4v) is 5.86. The lowest BCUT2D eigenvalue weighted by atomic mass is 10.2. The number of hydrogen-bond acceptors (Lipinski definition) is 5. The first kappa shape index (κ1) is 19.6. The Balaban J connectivity index is 1.50. The SMILES string of the molecule is O=C1CCSc2ccc(S(=O)(=O)N3CCN(c4ccc(Cl)cc4)CC3)cc2N1. The van der Waals surface area contributed by atoms with Crippen molar-refractivity contribution in [2.75, 3.05) is 42.1 Å². The Labute approximate surface area is 173 Å². The number of piperazine rings is 1. The quantitative estimate of drug-likeness (QED) is 0.797. The van der Waals surface area contributed by atoms with Gasteiger partial charge in [-0.25, -0.2) is 8.42 Å². The molecule has 1 fully saturated rings. The van der Waals surface area contributed by atoms with Crippen LogP contribution in [0.3, 0.4) is 0 Å². The van der Waals surface area contributed by atoms with Crippen molar-refractivity contribution in [1.29, 1.82) is 0 Å². The van der Waals surface area contributed by atoms with Crippen LogP contribution in [0.5, 0.6) is 0 Å². The van der Waals surface area contributed by atoms with E-state index in [1.165, 1.54) is 4.31 Å². The Morgan fingerprint density at radius 1 is 1.00 bits per heavy atom. The zero-order valence-electron chi connectivity index (χ0n) is 15.1. The molecule has 0 saturated carbocycles. The van der Waals surface area contributed by atoms with Crippen LogP contribution in [0.2, 0.25) is 5.02 Å². The van der Waals surface area contributed by atoms with Gasteiger partial charge in [0.25, 0.3) is 0 Å². The lowest BCUT2D eigenvalue weighted by Gasteiger charge is -2.35. The number of benzene rings is 2. The molecule has 0 bridgehead atoms. The fourth-order valence-electron chi connectivity index (χ4n) is 3.35. The van der Waals surface area contributed by atoms with E-state index in [2.05, 4.69) is 10.2 Å². The predicted octanol–water partition coefficient (Wildman–Crippen LogP) is 3.29. The van der Waals surface area contributed by atoms with Gasteiger partial charge in [0.2, 0.25) is 15.9 Å². The molecule has 2 heterocycles. The summed E-state index contributed by atoms with van der Waals surface area (Å²) < 4.78 is 27.7. The summed E-state index contributed by atoms with van der Waals surface area (Å²) in [6, 6.07) is 12.5. The Hall–Kier alpha value is -1.74. The third-order valence-corrected chi connectivity index (χ3v) is 8.10. The van der Waals surface area contributed by atoms with E-state index in [-0.39, 0.29) is 10.8 Å². The van der Waals surface area contributed by atoms with Gasteiger partial charge >= 0.3 is 0 Å². The number of hydrogen-bond donors (Lipinski definition) is 1. The largest absolute Gasteiger partial charge is 0.369 e. The van der Waals surface area contributed by atoms with Crippen LogP contribution in [-0.2, 0) is 14.8 Å². The second-order valence-electron chi connectivity index (χ2n) is 6.67. The number of halogens is 1. The van der Waals surface area contributed by atoms with Crippen molar-refractivity contribution in [2.45, 2.75) is 16.2 Å². The number of sulfonamides is 1. The monoisotopic (exact) mass is 437 g/mol. The third kappa shape index (κ3) is 4.00. The molecule has 148 valence electrons. The van der Waals surface area contributed by atoms with Crippen molar-refractivity contribution >= 4 is 50.7 Å². The average molecular weight is 438 g/mol. The molecule has 1 N–H and O–H groups in total. The Morgan fingerprint density at radius 2 is 1.71 bits per heavy atom. The highest BCUT2D eigenvalue weighted by Crippen LogP contribution is 2.33. The van der Waals surface area contributed by atoms with Crippen LogP contribution in [0, 0.1) is 0 Å². The van der Waals surface area contributed by atoms with E-state index in [0.29, 0.717) is 49.1 Å². The maximum Gasteiger partial charge on any atom is 0.243 e. The Kier molecular flexibility index (Phi) is 5.55. The molecular weight excluding hydrogens is 418 g/mol. The van der Waals surface area contributed by atoms with Crippen LogP contribution in [0.1, 0.15) is 6.42 Å². The van der Waals surface area contributed by atoms with Gasteiger partial charge in [-0.3, -0.25) is 4.79 Å². The van der Waals surface area contributed by atoms with Crippen LogP contribution < -0.4 is 10.2 Å². The van der Waals surface area contributed by atoms with Crippen molar-refractivity contribution in [3.05, 3.63) is 47.5 Å². The van der Waals surface area contributed by atoms with Gasteiger partial charge in [0.1, 0.15) is 0 Å². The number of anilines is 2. The molecule has 4 rings (SSSR count). The molecule has 0 unspecified atom stereocenters. The molecule has 1 amide bonds. The molecule has 2 aromatic carbocycles. The van der Waals surface area contributed by atoms with Crippen LogP contribution in [0.4, 0.5) is 11.4 Å². The maximum absolute atomic E-state index is 13.1. The number of nitrogens with zero attached hydrogens (tertiary/aromatic N) is 2. The highest BCUT2D eigenvalue weighted by atomic mass is 35.5. The summed E-state index contributed by atoms with van der Waals surface area (Å²) >= 11 is 7.50. The lowest BCUT2D eigenvalue weighted by Crippen LogP contribution is -2.48. The fraction of sp³-hybridized carbons (Fsp3) is 0.316. The van der Waals surface area contributed by atoms with Gasteiger partial charge in [-0.15, -0.1) is 11.8 Å². The number of rotatable bonds is 3. The summed E-state index contributed by atoms with van der Waals surface area (Å²) in [5.74, 6) is 0.606. The second kappa shape index (κ2) is 7.94. The first-order valence-corrected chi connectivity index (χ1v) is 11.8. The minimum atomic E-state index is -3.61. The number of nitrogens with one attached hydrogen (secondary N) is 1. The second-order valence-corrected chi connectivity index (χ2v) is 10.2. The van der Waals surface area contributed by atoms with Crippen LogP contribution in [0.15, 0.2) is 52.3 Å². The molecule has 2 aliphatic rings. The summed E-state index contributed by atoms with van der Waals surface area (Å²) in [4.78, 5) is 15.1. The molecule has 2 aliphatic heterocycles. The van der Waals surface area contributed by atoms with E-state index in [1.54, 1.807) is 30.0 Å². The first-order valence-electron chi connectivity index (χ1n) is 9.01. The van der Waals surface area contributed by atoms with Crippen LogP contribution >= 0.6 is 23.4 Å². The lowest BCUT2D eigenvalue weighted by molar-refractivity contribution is -0.115. The first-order chi connectivity index (χ1) is 13.4. The summed E-state index contributed by atoms with van der Waals surface area (Å²) in [7, 11) is -3.61. The van der Waals surface area contributed by atoms with Gasteiger partial charge in [0, 0.05) is 54.0 Å². The van der Waals surface area contributed by atoms with E-state index >= 15 is 0 Å². The molecule has 6 nitrogen and oxygen atoms in total. The van der Waals surface area contributed by atoms with Gasteiger partial charge in [-0.1, -0.05) is 11.6 Å². The molecule has 2 aromatic rings. The summed E-state index contributed by atoms with van der Waals surface area (Å²) in [5, 5.41) is 3.49. The molecule has 0 atom stereocenters. The maximum atomic E-state index is 13.1. The van der Waals surface area contributed by atoms with Crippen molar-refractivity contribution in [3.63, 3.8) is 0 Å². The summed E-state index contributed by atoms with van der Waals surface area (Å²) in [6.07, 6.45) is 0.425. The number of carbonyl (C=O) groups excluding carboxylic acids is 1. The van der Waals surface area contributed by atoms with Crippen LogP contribution in [-0.4, -0.2) is 50.6 Å². The van der Waals surface area contributed by atoms with E-state index < -0.39 is 10.0 Å². The highest BCUT2D eigenvalue weighted by Gasteiger charge is 2.29. The van der Waals surface area contributed by atoms with Crippen molar-refractivity contribution in [1.82, 2.24) is 4.31 Å². The van der Waals surface area contributed by atoms with E-state index in [1.807, 2.05) is 24.3 Å². The highest BCUT2D eigenvalue weighted by molar-refractivity contribution is 7.99. The van der Waals surface area contributed by atoms with Gasteiger partial charge in [0.15, 0.2) is 0 Å². The molecule has 28 heavy (non-hydrogen) atoms. The molecule has 0 radical (unpaired) electrons. The van der Waals surface area contributed by atoms with Crippen molar-refractivity contribution in [3.8, 4) is 0 Å². The predicted molar refractivity (Wildman–Crippen MR) is 113 cm³/mol. The number of fused-ring (bicyclic) bond motifs is 1. The minimum Gasteiger partial charge on any atom is -0.369 e. The van der Waals surface area contributed by atoms with E-state index in [4.69, 9.17) is 11.6 Å². The molecule has 1 saturated heterocycles. The van der Waals surface area contributed by atoms with E-state index in [9.17, 15) is 13.2 Å². The summed E-state index contributed by atoms with van der Waals surface area (Å²) in [6.45, 7) is 2.03. The average Bonchev–Trinajstić information content (AvgIpc) is 2.88. The van der Waals surface area contributed by atoms with E-state index in [0.717, 1.165) is 10.6 Å². The van der Waals surface area contributed by atoms with Crippen molar-refractivity contribution < 1.29 is 13.2 Å². The molecular formula is C19H20ClN3O3S2. The topological polar surface area (TPSA) is 69.7 Å². The normalized spacial score (nSPS) is 18.3. The number of thioether (sulfide) groups is 1. The van der Waals surface area contributed by atoms with Gasteiger partial charge in [-0.2, -0.15) is 4.31 Å². The zero-order valence-corrected chi connectivity index (χ0v) is 17.5. The van der Waals surface area contributed by atoms with Gasteiger partial charge in [0.05, 0.1) is 10.6 Å². The molecule has 9 heteroatoms. The standard InChI is InChI=1S/C19H20ClN3O3S2/c20-14-1-3-15(4-2-14)22-8-10-23(11-9-22)28(25,26)16-5-6-18-17(13-16)21-19(24)7-12-27-18/h1-6,13H,7-12H2,(H,21,24). The Morgan fingerprint density at radius 3 is 2.43 bits per heavy atom. The molecule has 0 aliphatic carbocycles. The van der Waals surface area contributed by atoms with Crippen LogP contribution in [0.25, 0.3) is 0 Å². The molecule has 0 spiro atoms. The smallest absolute Gasteiger partial charge is 0.243 e.